The summed E-state index contributed by atoms with van der Waals surface area (Å²) >= 11 is 6.70. The molecule has 3 unspecified atom stereocenters. The van der Waals surface area contributed by atoms with Crippen molar-refractivity contribution in [3.8, 4) is 0 Å². The second kappa shape index (κ2) is 9.50. The van der Waals surface area contributed by atoms with Crippen molar-refractivity contribution in [2.75, 3.05) is 0 Å². The van der Waals surface area contributed by atoms with E-state index in [1.807, 2.05) is 6.08 Å². The van der Waals surface area contributed by atoms with Crippen LogP contribution in [0.3, 0.4) is 0 Å². The highest BCUT2D eigenvalue weighted by Gasteiger charge is 2.31. The number of hydrogen-bond donors (Lipinski definition) is 0. The van der Waals surface area contributed by atoms with E-state index >= 15 is 0 Å². The van der Waals surface area contributed by atoms with E-state index in [2.05, 4.69) is 27.4 Å². The van der Waals surface area contributed by atoms with Crippen LogP contribution in [0.4, 0.5) is 0 Å². The van der Waals surface area contributed by atoms with E-state index in [1.165, 1.54) is 57.8 Å². The summed E-state index contributed by atoms with van der Waals surface area (Å²) in [6.45, 7) is 10.9. The van der Waals surface area contributed by atoms with Gasteiger partial charge in [0.2, 0.25) is 0 Å². The van der Waals surface area contributed by atoms with Gasteiger partial charge in [0.1, 0.15) is 0 Å². The summed E-state index contributed by atoms with van der Waals surface area (Å²) in [6.07, 6.45) is 16.3. The third kappa shape index (κ3) is 5.80. The molecule has 2 rings (SSSR count). The Morgan fingerprint density at radius 1 is 0.913 bits per heavy atom. The Morgan fingerprint density at radius 2 is 1.43 bits per heavy atom. The summed E-state index contributed by atoms with van der Waals surface area (Å²) in [5, 5.41) is 0.311. The van der Waals surface area contributed by atoms with E-state index in [-0.39, 0.29) is 0 Å². The number of hydrogen-bond acceptors (Lipinski definition) is 0. The molecule has 0 spiro atoms. The molecule has 0 heterocycles. The number of halogens is 1. The first-order chi connectivity index (χ1) is 11.0. The molecule has 0 aromatic heterocycles. The molecular formula is C22H39Cl. The maximum Gasteiger partial charge on any atom is 0.0390 e. The van der Waals surface area contributed by atoms with Crippen LogP contribution in [-0.2, 0) is 0 Å². The average Bonchev–Trinajstić information content (AvgIpc) is 2.56. The van der Waals surface area contributed by atoms with Crippen LogP contribution in [0.15, 0.2) is 12.7 Å². The predicted molar refractivity (Wildman–Crippen MR) is 104 cm³/mol. The second-order valence-electron chi connectivity index (χ2n) is 8.96. The van der Waals surface area contributed by atoms with Crippen LogP contribution in [0.5, 0.6) is 0 Å². The standard InChI is InChI=1S/C22H39Cl/c1-5-6-17(3)22(23)18(4)15-19-9-13-21(14-10-19)20-11-7-16(2)8-12-20/h5,16-22H,1,6-15H2,2-4H3. The van der Waals surface area contributed by atoms with Crippen molar-refractivity contribution in [1.82, 2.24) is 0 Å². The topological polar surface area (TPSA) is 0 Å². The highest BCUT2D eigenvalue weighted by molar-refractivity contribution is 6.20. The molecule has 1 heteroatoms. The number of rotatable bonds is 7. The lowest BCUT2D eigenvalue weighted by Gasteiger charge is -2.38. The molecule has 2 aliphatic carbocycles. The van der Waals surface area contributed by atoms with Crippen LogP contribution in [0.1, 0.15) is 85.0 Å². The molecular weight excluding hydrogens is 300 g/mol. The van der Waals surface area contributed by atoms with Gasteiger partial charge in [0.05, 0.1) is 0 Å². The van der Waals surface area contributed by atoms with Gasteiger partial charge < -0.3 is 0 Å². The molecule has 2 fully saturated rings. The fourth-order valence-corrected chi connectivity index (χ4v) is 5.47. The molecule has 0 radical (unpaired) electrons. The zero-order valence-electron chi connectivity index (χ0n) is 15.8. The van der Waals surface area contributed by atoms with Gasteiger partial charge in [-0.2, -0.15) is 0 Å². The first kappa shape index (κ1) is 19.4. The first-order valence-electron chi connectivity index (χ1n) is 10.3. The van der Waals surface area contributed by atoms with Gasteiger partial charge in [-0.1, -0.05) is 52.5 Å². The van der Waals surface area contributed by atoms with Gasteiger partial charge in [0.15, 0.2) is 0 Å². The third-order valence-corrected chi connectivity index (χ3v) is 7.81. The number of alkyl halides is 1. The predicted octanol–water partition coefficient (Wildman–Crippen LogP) is 7.46. The van der Waals surface area contributed by atoms with Crippen LogP contribution in [0, 0.1) is 35.5 Å². The maximum absolute atomic E-state index is 6.70. The van der Waals surface area contributed by atoms with Gasteiger partial charge in [-0.05, 0) is 74.0 Å². The molecule has 0 bridgehead atoms. The van der Waals surface area contributed by atoms with Crippen LogP contribution in [0.25, 0.3) is 0 Å². The van der Waals surface area contributed by atoms with E-state index < -0.39 is 0 Å². The lowest BCUT2D eigenvalue weighted by molar-refractivity contribution is 0.140. The monoisotopic (exact) mass is 338 g/mol. The van der Waals surface area contributed by atoms with E-state index in [1.54, 1.807) is 0 Å². The second-order valence-corrected chi connectivity index (χ2v) is 9.46. The van der Waals surface area contributed by atoms with E-state index in [0.717, 1.165) is 30.1 Å². The van der Waals surface area contributed by atoms with Gasteiger partial charge in [0, 0.05) is 5.38 Å². The van der Waals surface area contributed by atoms with Gasteiger partial charge in [-0.3, -0.25) is 0 Å². The van der Waals surface area contributed by atoms with Crippen LogP contribution < -0.4 is 0 Å². The normalized spacial score (nSPS) is 36.2. The van der Waals surface area contributed by atoms with Crippen molar-refractivity contribution in [2.24, 2.45) is 35.5 Å². The minimum Gasteiger partial charge on any atom is -0.122 e. The molecule has 0 N–H and O–H groups in total. The first-order valence-corrected chi connectivity index (χ1v) is 10.7. The average molecular weight is 339 g/mol. The zero-order chi connectivity index (χ0) is 16.8. The highest BCUT2D eigenvalue weighted by Crippen LogP contribution is 2.43. The van der Waals surface area contributed by atoms with Crippen molar-refractivity contribution in [1.29, 1.82) is 0 Å². The van der Waals surface area contributed by atoms with Gasteiger partial charge in [-0.15, -0.1) is 18.2 Å². The molecule has 0 aromatic carbocycles. The van der Waals surface area contributed by atoms with Crippen molar-refractivity contribution < 1.29 is 0 Å². The van der Waals surface area contributed by atoms with E-state index in [4.69, 9.17) is 11.6 Å². The summed E-state index contributed by atoms with van der Waals surface area (Å²) in [5.41, 5.74) is 0. The molecule has 23 heavy (non-hydrogen) atoms. The molecule has 134 valence electrons. The largest absolute Gasteiger partial charge is 0.122 e. The molecule has 0 saturated heterocycles. The molecule has 0 nitrogen and oxygen atoms in total. The van der Waals surface area contributed by atoms with Gasteiger partial charge in [-0.25, -0.2) is 0 Å². The van der Waals surface area contributed by atoms with Crippen molar-refractivity contribution in [2.45, 2.75) is 90.4 Å². The molecule has 0 aliphatic heterocycles. The lowest BCUT2D eigenvalue weighted by Crippen LogP contribution is -2.27. The fraction of sp³-hybridized carbons (Fsp3) is 0.909. The molecule has 0 amide bonds. The van der Waals surface area contributed by atoms with Crippen LogP contribution in [0.2, 0.25) is 0 Å². The minimum absolute atomic E-state index is 0.311. The molecule has 2 aliphatic rings. The maximum atomic E-state index is 6.70. The summed E-state index contributed by atoms with van der Waals surface area (Å²) in [5.74, 6) is 5.22. The molecule has 2 saturated carbocycles. The lowest BCUT2D eigenvalue weighted by atomic mass is 9.68. The number of allylic oxidation sites excluding steroid dienone is 1. The van der Waals surface area contributed by atoms with Crippen molar-refractivity contribution in [3.63, 3.8) is 0 Å². The molecule has 3 atom stereocenters. The third-order valence-electron chi connectivity index (χ3n) is 6.95. The van der Waals surface area contributed by atoms with E-state index in [0.29, 0.717) is 17.2 Å². The zero-order valence-corrected chi connectivity index (χ0v) is 16.5. The van der Waals surface area contributed by atoms with Crippen LogP contribution >= 0.6 is 11.6 Å². The van der Waals surface area contributed by atoms with Gasteiger partial charge in [0.25, 0.3) is 0 Å². The fourth-order valence-electron chi connectivity index (χ4n) is 5.26. The van der Waals surface area contributed by atoms with Crippen molar-refractivity contribution >= 4 is 11.6 Å². The Kier molecular flexibility index (Phi) is 7.99. The Morgan fingerprint density at radius 3 is 1.96 bits per heavy atom. The van der Waals surface area contributed by atoms with Gasteiger partial charge >= 0.3 is 0 Å². The van der Waals surface area contributed by atoms with Crippen LogP contribution in [-0.4, -0.2) is 5.38 Å². The Hall–Kier alpha value is 0.0300. The Balaban J connectivity index is 1.70. The molecule has 0 aromatic rings. The van der Waals surface area contributed by atoms with Crippen molar-refractivity contribution in [3.05, 3.63) is 12.7 Å². The minimum atomic E-state index is 0.311. The summed E-state index contributed by atoms with van der Waals surface area (Å²) in [4.78, 5) is 0. The van der Waals surface area contributed by atoms with E-state index in [9.17, 15) is 0 Å². The summed E-state index contributed by atoms with van der Waals surface area (Å²) in [6, 6.07) is 0. The SMILES string of the molecule is C=CCC(C)C(Cl)C(C)CC1CCC(C2CCC(C)CC2)CC1. The summed E-state index contributed by atoms with van der Waals surface area (Å²) < 4.78 is 0. The smallest absolute Gasteiger partial charge is 0.0390 e. The Bertz CT molecular complexity index is 334. The quantitative estimate of drug-likeness (QED) is 0.333. The Labute approximate surface area is 150 Å². The highest BCUT2D eigenvalue weighted by atomic mass is 35.5. The summed E-state index contributed by atoms with van der Waals surface area (Å²) in [7, 11) is 0.